The zero-order valence-corrected chi connectivity index (χ0v) is 15.8. The lowest BCUT2D eigenvalue weighted by Gasteiger charge is -2.22. The average Bonchev–Trinajstić information content (AvgIpc) is 3.27. The lowest BCUT2D eigenvalue weighted by Crippen LogP contribution is -2.38. The highest BCUT2D eigenvalue weighted by molar-refractivity contribution is 7.07. The monoisotopic (exact) mass is 375 g/mol. The van der Waals surface area contributed by atoms with Crippen LogP contribution < -0.4 is 11.2 Å². The fraction of sp³-hybridized carbons (Fsp3) is 0.412. The fourth-order valence-corrected chi connectivity index (χ4v) is 3.59. The summed E-state index contributed by atoms with van der Waals surface area (Å²) in [6.07, 6.45) is 2.29. The highest BCUT2D eigenvalue weighted by Gasteiger charge is 2.19. The molecular formula is C17H21N5O3S. The summed E-state index contributed by atoms with van der Waals surface area (Å²) in [5.74, 6) is -0.0896. The van der Waals surface area contributed by atoms with Gasteiger partial charge in [-0.3, -0.25) is 18.7 Å². The summed E-state index contributed by atoms with van der Waals surface area (Å²) in [4.78, 5) is 43.2. The van der Waals surface area contributed by atoms with Gasteiger partial charge in [0.05, 0.1) is 6.33 Å². The Kier molecular flexibility index (Phi) is 5.08. The lowest BCUT2D eigenvalue weighted by atomic mass is 10.3. The van der Waals surface area contributed by atoms with Gasteiger partial charge in [-0.15, -0.1) is 0 Å². The highest BCUT2D eigenvalue weighted by Crippen LogP contribution is 2.12. The molecule has 0 saturated carbocycles. The fourth-order valence-electron chi connectivity index (χ4n) is 2.93. The van der Waals surface area contributed by atoms with Crippen LogP contribution in [0.5, 0.6) is 0 Å². The van der Waals surface area contributed by atoms with Gasteiger partial charge in [0.2, 0.25) is 5.91 Å². The van der Waals surface area contributed by atoms with Crippen LogP contribution in [0.25, 0.3) is 11.2 Å². The zero-order chi connectivity index (χ0) is 18.8. The number of nitrogens with zero attached hydrogens (tertiary/aromatic N) is 5. The predicted octanol–water partition coefficient (Wildman–Crippen LogP) is 0.934. The van der Waals surface area contributed by atoms with E-state index < -0.39 is 11.2 Å². The van der Waals surface area contributed by atoms with Crippen LogP contribution in [0.1, 0.15) is 18.9 Å². The molecule has 26 heavy (non-hydrogen) atoms. The Bertz CT molecular complexity index is 1040. The number of imidazole rings is 1. The minimum atomic E-state index is -0.451. The number of carbonyl (C=O) groups is 1. The molecule has 1 amide bonds. The second-order valence-electron chi connectivity index (χ2n) is 6.20. The van der Waals surface area contributed by atoms with Gasteiger partial charge in [0.25, 0.3) is 5.56 Å². The lowest BCUT2D eigenvalue weighted by molar-refractivity contribution is -0.132. The molecule has 3 rings (SSSR count). The number of aromatic nitrogens is 4. The van der Waals surface area contributed by atoms with Gasteiger partial charge in [0.15, 0.2) is 11.2 Å². The molecule has 0 bridgehead atoms. The van der Waals surface area contributed by atoms with Crippen LogP contribution in [0.15, 0.2) is 32.7 Å². The Morgan fingerprint density at radius 1 is 1.27 bits per heavy atom. The minimum absolute atomic E-state index is 0.00802. The number of hydrogen-bond donors (Lipinski definition) is 0. The summed E-state index contributed by atoms with van der Waals surface area (Å²) >= 11 is 1.60. The summed E-state index contributed by atoms with van der Waals surface area (Å²) in [5, 5.41) is 4.01. The Morgan fingerprint density at radius 3 is 2.69 bits per heavy atom. The molecule has 3 aromatic rings. The summed E-state index contributed by atoms with van der Waals surface area (Å²) in [6.45, 7) is 3.21. The number of aryl methyl sites for hydroxylation is 1. The number of fused-ring (bicyclic) bond motifs is 1. The summed E-state index contributed by atoms with van der Waals surface area (Å²) in [5.41, 5.74) is 0.740. The third-order valence-electron chi connectivity index (χ3n) is 4.32. The molecule has 0 N–H and O–H groups in total. The summed E-state index contributed by atoms with van der Waals surface area (Å²) < 4.78 is 3.86. The smallest absolute Gasteiger partial charge is 0.332 e. The van der Waals surface area contributed by atoms with Crippen LogP contribution in [0.4, 0.5) is 0 Å². The molecule has 3 aromatic heterocycles. The van der Waals surface area contributed by atoms with Crippen LogP contribution in [0.2, 0.25) is 0 Å². The van der Waals surface area contributed by atoms with Gasteiger partial charge in [-0.05, 0) is 28.8 Å². The van der Waals surface area contributed by atoms with E-state index in [1.165, 1.54) is 22.5 Å². The number of thiophene rings is 1. The maximum absolute atomic E-state index is 12.8. The van der Waals surface area contributed by atoms with E-state index in [9.17, 15) is 14.4 Å². The molecule has 0 aliphatic carbocycles. The molecule has 0 atom stereocenters. The highest BCUT2D eigenvalue weighted by atomic mass is 32.1. The number of hydrogen-bond acceptors (Lipinski definition) is 5. The maximum Gasteiger partial charge on any atom is 0.332 e. The first-order valence-corrected chi connectivity index (χ1v) is 9.28. The van der Waals surface area contributed by atoms with Gasteiger partial charge in [0, 0.05) is 27.2 Å². The van der Waals surface area contributed by atoms with Crippen molar-refractivity contribution in [3.05, 3.63) is 49.6 Å². The Labute approximate surface area is 153 Å². The number of amides is 1. The topological polar surface area (TPSA) is 82.1 Å². The molecule has 3 heterocycles. The predicted molar refractivity (Wildman–Crippen MR) is 100 cm³/mol. The van der Waals surface area contributed by atoms with Crippen molar-refractivity contribution in [2.24, 2.45) is 14.1 Å². The van der Waals surface area contributed by atoms with Gasteiger partial charge in [0.1, 0.15) is 6.54 Å². The van der Waals surface area contributed by atoms with E-state index in [-0.39, 0.29) is 23.6 Å². The maximum atomic E-state index is 12.8. The Balaban J connectivity index is 1.93. The van der Waals surface area contributed by atoms with Crippen molar-refractivity contribution in [2.75, 3.05) is 6.54 Å². The molecule has 0 aliphatic rings. The molecule has 0 fully saturated rings. The van der Waals surface area contributed by atoms with Crippen molar-refractivity contribution in [1.29, 1.82) is 0 Å². The van der Waals surface area contributed by atoms with Gasteiger partial charge in [-0.1, -0.05) is 6.92 Å². The Hall–Kier alpha value is -2.68. The van der Waals surface area contributed by atoms with Crippen LogP contribution in [0, 0.1) is 0 Å². The van der Waals surface area contributed by atoms with Crippen molar-refractivity contribution in [2.45, 2.75) is 26.4 Å². The normalized spacial score (nSPS) is 11.2. The zero-order valence-electron chi connectivity index (χ0n) is 15.0. The van der Waals surface area contributed by atoms with Crippen LogP contribution >= 0.6 is 11.3 Å². The molecule has 8 nitrogen and oxygen atoms in total. The molecule has 0 aromatic carbocycles. The number of carbonyl (C=O) groups excluding carboxylic acids is 1. The molecule has 0 unspecified atom stereocenters. The van der Waals surface area contributed by atoms with Crippen LogP contribution in [-0.2, 0) is 32.0 Å². The third kappa shape index (κ3) is 3.22. The van der Waals surface area contributed by atoms with Crippen molar-refractivity contribution in [1.82, 2.24) is 23.6 Å². The third-order valence-corrected chi connectivity index (χ3v) is 5.05. The van der Waals surface area contributed by atoms with Gasteiger partial charge in [-0.25, -0.2) is 9.78 Å². The Morgan fingerprint density at radius 2 is 2.04 bits per heavy atom. The van der Waals surface area contributed by atoms with Crippen molar-refractivity contribution < 1.29 is 4.79 Å². The van der Waals surface area contributed by atoms with E-state index in [4.69, 9.17) is 0 Å². The second kappa shape index (κ2) is 7.28. The van der Waals surface area contributed by atoms with Crippen LogP contribution in [-0.4, -0.2) is 36.0 Å². The van der Waals surface area contributed by atoms with Gasteiger partial charge in [-0.2, -0.15) is 11.3 Å². The molecule has 9 heteroatoms. The van der Waals surface area contributed by atoms with E-state index in [1.54, 1.807) is 23.3 Å². The van der Waals surface area contributed by atoms with Crippen LogP contribution in [0.3, 0.4) is 0 Å². The molecule has 0 radical (unpaired) electrons. The van der Waals surface area contributed by atoms with E-state index >= 15 is 0 Å². The standard InChI is InChI=1S/C17H21N5O3S/c1-4-6-21(8-12-5-7-26-10-12)13(23)9-22-11-18-15-14(22)16(24)20(3)17(25)19(15)2/h5,7,10-11H,4,6,8-9H2,1-3H3. The van der Waals surface area contributed by atoms with E-state index in [0.717, 1.165) is 16.6 Å². The van der Waals surface area contributed by atoms with Gasteiger partial charge < -0.3 is 9.47 Å². The summed E-state index contributed by atoms with van der Waals surface area (Å²) in [7, 11) is 2.98. The molecule has 0 saturated heterocycles. The first kappa shape index (κ1) is 18.1. The van der Waals surface area contributed by atoms with Gasteiger partial charge >= 0.3 is 5.69 Å². The largest absolute Gasteiger partial charge is 0.337 e. The second-order valence-corrected chi connectivity index (χ2v) is 6.98. The molecule has 0 spiro atoms. The van der Waals surface area contributed by atoms with E-state index in [1.807, 2.05) is 23.8 Å². The SMILES string of the molecule is CCCN(Cc1ccsc1)C(=O)Cn1cnc2c1c(=O)n(C)c(=O)n2C. The van der Waals surface area contributed by atoms with Crippen molar-refractivity contribution in [3.63, 3.8) is 0 Å². The van der Waals surface area contributed by atoms with E-state index in [2.05, 4.69) is 4.98 Å². The molecule has 138 valence electrons. The summed E-state index contributed by atoms with van der Waals surface area (Å²) in [6, 6.07) is 2.00. The average molecular weight is 375 g/mol. The van der Waals surface area contributed by atoms with Crippen molar-refractivity contribution in [3.8, 4) is 0 Å². The minimum Gasteiger partial charge on any atom is -0.337 e. The van der Waals surface area contributed by atoms with E-state index in [0.29, 0.717) is 13.1 Å². The molecule has 0 aliphatic heterocycles. The molecular weight excluding hydrogens is 354 g/mol. The van der Waals surface area contributed by atoms with Crippen molar-refractivity contribution >= 4 is 28.4 Å². The number of rotatable bonds is 6. The first-order chi connectivity index (χ1) is 12.4. The first-order valence-electron chi connectivity index (χ1n) is 8.33. The quantitative estimate of drug-likeness (QED) is 0.642.